The molecule has 2 heterocycles. The standard InChI is InChI=1S/C14H27N5/c1-4-11(2)8-12-16-13(18-17-12)19-7-5-6-14(3,9-15)10-19/h11H,4-10,15H2,1-3H3,(H,16,17,18). The lowest BCUT2D eigenvalue weighted by molar-refractivity contribution is 0.270. The summed E-state index contributed by atoms with van der Waals surface area (Å²) < 4.78 is 0. The first-order chi connectivity index (χ1) is 9.06. The molecule has 0 saturated carbocycles. The fourth-order valence-corrected chi connectivity index (χ4v) is 2.65. The number of aromatic amines is 1. The Kier molecular flexibility index (Phi) is 4.45. The molecule has 5 nitrogen and oxygen atoms in total. The predicted octanol–water partition coefficient (Wildman–Crippen LogP) is 1.96. The molecule has 3 N–H and O–H groups in total. The van der Waals surface area contributed by atoms with E-state index in [1.54, 1.807) is 0 Å². The average molecular weight is 265 g/mol. The van der Waals surface area contributed by atoms with Crippen LogP contribution in [0.4, 0.5) is 5.95 Å². The molecule has 1 aromatic heterocycles. The van der Waals surface area contributed by atoms with Crippen molar-refractivity contribution in [3.63, 3.8) is 0 Å². The molecule has 0 radical (unpaired) electrons. The highest BCUT2D eigenvalue weighted by Gasteiger charge is 2.31. The van der Waals surface area contributed by atoms with Crippen LogP contribution >= 0.6 is 0 Å². The number of nitrogens with one attached hydrogen (secondary N) is 1. The fourth-order valence-electron chi connectivity index (χ4n) is 2.65. The van der Waals surface area contributed by atoms with Crippen molar-refractivity contribution >= 4 is 5.95 Å². The Labute approximate surface area is 116 Å². The van der Waals surface area contributed by atoms with Crippen molar-refractivity contribution in [2.24, 2.45) is 17.1 Å². The van der Waals surface area contributed by atoms with Gasteiger partial charge in [-0.3, -0.25) is 5.10 Å². The van der Waals surface area contributed by atoms with Gasteiger partial charge < -0.3 is 10.6 Å². The molecule has 1 aliphatic rings. The zero-order valence-electron chi connectivity index (χ0n) is 12.4. The Morgan fingerprint density at radius 1 is 1.53 bits per heavy atom. The minimum absolute atomic E-state index is 0.204. The van der Waals surface area contributed by atoms with Crippen LogP contribution in [0.5, 0.6) is 0 Å². The number of nitrogens with zero attached hydrogens (tertiary/aromatic N) is 3. The number of H-pyrrole nitrogens is 1. The van der Waals surface area contributed by atoms with Crippen molar-refractivity contribution in [2.45, 2.75) is 46.5 Å². The van der Waals surface area contributed by atoms with Gasteiger partial charge in [0.1, 0.15) is 5.82 Å². The summed E-state index contributed by atoms with van der Waals surface area (Å²) >= 11 is 0. The topological polar surface area (TPSA) is 70.8 Å². The summed E-state index contributed by atoms with van der Waals surface area (Å²) in [7, 11) is 0. The zero-order chi connectivity index (χ0) is 13.9. The number of anilines is 1. The van der Waals surface area contributed by atoms with E-state index in [-0.39, 0.29) is 5.41 Å². The van der Waals surface area contributed by atoms with Crippen LogP contribution in [0.1, 0.15) is 45.9 Å². The molecule has 1 saturated heterocycles. The summed E-state index contributed by atoms with van der Waals surface area (Å²) in [5.41, 5.74) is 6.10. The molecule has 1 aromatic rings. The van der Waals surface area contributed by atoms with E-state index < -0.39 is 0 Å². The minimum atomic E-state index is 0.204. The van der Waals surface area contributed by atoms with Gasteiger partial charge in [0.2, 0.25) is 5.95 Å². The number of rotatable bonds is 5. The van der Waals surface area contributed by atoms with Crippen molar-refractivity contribution in [3.05, 3.63) is 5.82 Å². The first-order valence-corrected chi connectivity index (χ1v) is 7.42. The van der Waals surface area contributed by atoms with E-state index >= 15 is 0 Å². The minimum Gasteiger partial charge on any atom is -0.339 e. The molecule has 108 valence electrons. The molecule has 1 fully saturated rings. The molecule has 5 heteroatoms. The van der Waals surface area contributed by atoms with Crippen LogP contribution in [-0.2, 0) is 6.42 Å². The second-order valence-corrected chi connectivity index (χ2v) is 6.34. The highest BCUT2D eigenvalue weighted by atomic mass is 15.4. The van der Waals surface area contributed by atoms with Crippen molar-refractivity contribution in [2.75, 3.05) is 24.5 Å². The maximum atomic E-state index is 5.89. The van der Waals surface area contributed by atoms with Gasteiger partial charge in [0.15, 0.2) is 0 Å². The summed E-state index contributed by atoms with van der Waals surface area (Å²) in [5, 5.41) is 7.46. The van der Waals surface area contributed by atoms with E-state index in [0.29, 0.717) is 5.92 Å². The molecule has 0 spiro atoms. The van der Waals surface area contributed by atoms with E-state index in [9.17, 15) is 0 Å². The van der Waals surface area contributed by atoms with E-state index in [2.05, 4.69) is 40.9 Å². The Morgan fingerprint density at radius 2 is 2.32 bits per heavy atom. The van der Waals surface area contributed by atoms with E-state index in [4.69, 9.17) is 5.73 Å². The third-order valence-electron chi connectivity index (χ3n) is 4.32. The Bertz CT molecular complexity index is 402. The summed E-state index contributed by atoms with van der Waals surface area (Å²) in [6.07, 6.45) is 4.52. The van der Waals surface area contributed by atoms with Crippen molar-refractivity contribution in [3.8, 4) is 0 Å². The van der Waals surface area contributed by atoms with Gasteiger partial charge in [-0.1, -0.05) is 27.2 Å². The molecule has 0 aliphatic carbocycles. The Hall–Kier alpha value is -1.10. The van der Waals surface area contributed by atoms with Crippen molar-refractivity contribution < 1.29 is 0 Å². The van der Waals surface area contributed by atoms with Crippen LogP contribution < -0.4 is 10.6 Å². The van der Waals surface area contributed by atoms with Gasteiger partial charge in [0.05, 0.1) is 0 Å². The zero-order valence-corrected chi connectivity index (χ0v) is 12.4. The maximum Gasteiger partial charge on any atom is 0.244 e. The molecular formula is C14H27N5. The van der Waals surface area contributed by atoms with Crippen LogP contribution in [0.15, 0.2) is 0 Å². The van der Waals surface area contributed by atoms with Gasteiger partial charge in [0, 0.05) is 19.5 Å². The first kappa shape index (κ1) is 14.3. The second kappa shape index (κ2) is 5.90. The van der Waals surface area contributed by atoms with Gasteiger partial charge in [-0.15, -0.1) is 5.10 Å². The van der Waals surface area contributed by atoms with E-state index in [1.165, 1.54) is 19.3 Å². The van der Waals surface area contributed by atoms with Gasteiger partial charge in [-0.2, -0.15) is 4.98 Å². The first-order valence-electron chi connectivity index (χ1n) is 7.42. The van der Waals surface area contributed by atoms with Gasteiger partial charge in [-0.25, -0.2) is 0 Å². The third-order valence-corrected chi connectivity index (χ3v) is 4.32. The number of hydrogen-bond acceptors (Lipinski definition) is 4. The monoisotopic (exact) mass is 265 g/mol. The average Bonchev–Trinajstić information content (AvgIpc) is 2.87. The number of hydrogen-bond donors (Lipinski definition) is 2. The molecule has 2 unspecified atom stereocenters. The van der Waals surface area contributed by atoms with Gasteiger partial charge in [0.25, 0.3) is 0 Å². The Morgan fingerprint density at radius 3 is 3.00 bits per heavy atom. The summed E-state index contributed by atoms with van der Waals surface area (Å²) in [6.45, 7) is 9.44. The summed E-state index contributed by atoms with van der Waals surface area (Å²) in [6, 6.07) is 0. The lowest BCUT2D eigenvalue weighted by Gasteiger charge is -2.39. The molecule has 2 rings (SSSR count). The molecule has 0 amide bonds. The molecule has 1 aliphatic heterocycles. The van der Waals surface area contributed by atoms with E-state index in [0.717, 1.165) is 37.8 Å². The van der Waals surface area contributed by atoms with E-state index in [1.807, 2.05) is 0 Å². The van der Waals surface area contributed by atoms with Crippen LogP contribution in [-0.4, -0.2) is 34.8 Å². The van der Waals surface area contributed by atoms with Gasteiger partial charge in [-0.05, 0) is 30.7 Å². The molecule has 0 aromatic carbocycles. The number of nitrogens with two attached hydrogens (primary N) is 1. The van der Waals surface area contributed by atoms with Crippen LogP contribution in [0.2, 0.25) is 0 Å². The normalized spacial score (nSPS) is 25.6. The highest BCUT2D eigenvalue weighted by Crippen LogP contribution is 2.29. The maximum absolute atomic E-state index is 5.89. The fraction of sp³-hybridized carbons (Fsp3) is 0.857. The van der Waals surface area contributed by atoms with Crippen LogP contribution in [0.25, 0.3) is 0 Å². The molecule has 0 bridgehead atoms. The molecule has 2 atom stereocenters. The second-order valence-electron chi connectivity index (χ2n) is 6.34. The van der Waals surface area contributed by atoms with Gasteiger partial charge >= 0.3 is 0 Å². The lowest BCUT2D eigenvalue weighted by Crippen LogP contribution is -2.46. The van der Waals surface area contributed by atoms with Crippen molar-refractivity contribution in [1.82, 2.24) is 15.2 Å². The predicted molar refractivity (Wildman–Crippen MR) is 78.2 cm³/mol. The quantitative estimate of drug-likeness (QED) is 0.853. The highest BCUT2D eigenvalue weighted by molar-refractivity contribution is 5.30. The summed E-state index contributed by atoms with van der Waals surface area (Å²) in [5.74, 6) is 2.50. The number of piperidine rings is 1. The number of aromatic nitrogens is 3. The smallest absolute Gasteiger partial charge is 0.244 e. The van der Waals surface area contributed by atoms with Crippen LogP contribution in [0, 0.1) is 11.3 Å². The molecular weight excluding hydrogens is 238 g/mol. The molecule has 19 heavy (non-hydrogen) atoms. The van der Waals surface area contributed by atoms with Crippen LogP contribution in [0.3, 0.4) is 0 Å². The largest absolute Gasteiger partial charge is 0.339 e. The SMILES string of the molecule is CCC(C)Cc1nc(N2CCCC(C)(CN)C2)n[nH]1. The third kappa shape index (κ3) is 3.47. The Balaban J connectivity index is 2.02. The van der Waals surface area contributed by atoms with Crippen molar-refractivity contribution in [1.29, 1.82) is 0 Å². The summed E-state index contributed by atoms with van der Waals surface area (Å²) in [4.78, 5) is 6.91. The lowest BCUT2D eigenvalue weighted by atomic mass is 9.82.